The van der Waals surface area contributed by atoms with Crippen molar-refractivity contribution in [3.8, 4) is 11.5 Å². The van der Waals surface area contributed by atoms with Crippen LogP contribution in [0.2, 0.25) is 0 Å². The maximum atomic E-state index is 12.7. The molecule has 0 spiro atoms. The third kappa shape index (κ3) is 4.61. The topological polar surface area (TPSA) is 213 Å². The monoisotopic (exact) mass is 512 g/mol. The minimum Gasteiger partial charge on any atom is -0.504 e. The summed E-state index contributed by atoms with van der Waals surface area (Å²) in [7, 11) is 0. The fourth-order valence-corrected chi connectivity index (χ4v) is 5.02. The molecular formula is C23H28O13. The molecule has 2 fully saturated rings. The van der Waals surface area contributed by atoms with Crippen molar-refractivity contribution in [2.75, 3.05) is 6.61 Å². The number of aromatic hydroxyl groups is 2. The summed E-state index contributed by atoms with van der Waals surface area (Å²) in [5.41, 5.74) is -0.351. The number of ether oxygens (including phenoxy) is 4. The van der Waals surface area contributed by atoms with E-state index in [1.165, 1.54) is 18.2 Å². The number of hydrogen-bond donors (Lipinski definition) is 7. The van der Waals surface area contributed by atoms with Gasteiger partial charge in [-0.1, -0.05) is 13.0 Å². The third-order valence-corrected chi connectivity index (χ3v) is 7.04. The van der Waals surface area contributed by atoms with Crippen molar-refractivity contribution < 1.29 is 64.3 Å². The molecule has 13 nitrogen and oxygen atoms in total. The van der Waals surface area contributed by atoms with Gasteiger partial charge in [0.15, 0.2) is 17.8 Å². The van der Waals surface area contributed by atoms with Gasteiger partial charge in [0, 0.05) is 17.8 Å². The Labute approximate surface area is 204 Å². The summed E-state index contributed by atoms with van der Waals surface area (Å²) < 4.78 is 22.2. The van der Waals surface area contributed by atoms with Crippen molar-refractivity contribution in [1.29, 1.82) is 0 Å². The summed E-state index contributed by atoms with van der Waals surface area (Å²) in [5, 5.41) is 69.1. The van der Waals surface area contributed by atoms with E-state index in [9.17, 15) is 45.3 Å². The lowest BCUT2D eigenvalue weighted by atomic mass is 9.83. The Morgan fingerprint density at radius 2 is 1.81 bits per heavy atom. The lowest BCUT2D eigenvalue weighted by Gasteiger charge is -2.43. The Kier molecular flexibility index (Phi) is 7.41. The van der Waals surface area contributed by atoms with Crippen LogP contribution in [0.4, 0.5) is 0 Å². The van der Waals surface area contributed by atoms with Crippen LogP contribution < -0.4 is 0 Å². The van der Waals surface area contributed by atoms with Crippen LogP contribution in [0.25, 0.3) is 0 Å². The Bertz CT molecular complexity index is 1020. The van der Waals surface area contributed by atoms with Gasteiger partial charge in [-0.05, 0) is 18.6 Å². The maximum absolute atomic E-state index is 12.7. The lowest BCUT2D eigenvalue weighted by molar-refractivity contribution is -0.342. The number of para-hydroxylation sites is 1. The van der Waals surface area contributed by atoms with Crippen molar-refractivity contribution >= 4 is 11.9 Å². The molecule has 0 bridgehead atoms. The molecular weight excluding hydrogens is 484 g/mol. The first-order chi connectivity index (χ1) is 17.0. The van der Waals surface area contributed by atoms with Crippen LogP contribution in [0.3, 0.4) is 0 Å². The van der Waals surface area contributed by atoms with E-state index in [2.05, 4.69) is 0 Å². The molecule has 36 heavy (non-hydrogen) atoms. The molecule has 7 N–H and O–H groups in total. The van der Waals surface area contributed by atoms with Crippen LogP contribution in [0.15, 0.2) is 30.0 Å². The second-order valence-electron chi connectivity index (χ2n) is 9.11. The van der Waals surface area contributed by atoms with E-state index >= 15 is 0 Å². The van der Waals surface area contributed by atoms with Crippen LogP contribution >= 0.6 is 0 Å². The highest BCUT2D eigenvalue weighted by Crippen LogP contribution is 2.49. The highest BCUT2D eigenvalue weighted by molar-refractivity contribution is 5.93. The van der Waals surface area contributed by atoms with Crippen LogP contribution in [-0.4, -0.2) is 97.4 Å². The van der Waals surface area contributed by atoms with Gasteiger partial charge >= 0.3 is 11.9 Å². The number of carboxylic acids is 1. The number of esters is 1. The van der Waals surface area contributed by atoms with Gasteiger partial charge < -0.3 is 54.7 Å². The Hall–Kier alpha value is -2.94. The Balaban J connectivity index is 1.55. The highest BCUT2D eigenvalue weighted by atomic mass is 16.8. The van der Waals surface area contributed by atoms with E-state index in [1.54, 1.807) is 6.92 Å². The van der Waals surface area contributed by atoms with Gasteiger partial charge in [0.1, 0.15) is 36.1 Å². The van der Waals surface area contributed by atoms with Crippen molar-refractivity contribution in [3.63, 3.8) is 0 Å². The molecule has 1 aromatic rings. The van der Waals surface area contributed by atoms with Gasteiger partial charge in [-0.25, -0.2) is 9.59 Å². The maximum Gasteiger partial charge on any atom is 0.342 e. The SMILES string of the molecule is C[C@@H]1[C@H]2[C@H](O[C@@H]3O[C@H](CO)[C@@H](O)[C@H](O)[C@H]3O)OC=C(C(=O)O)[C@H]2C[C@@H]1OC(=O)c1cccc(O)c1O. The van der Waals surface area contributed by atoms with Gasteiger partial charge in [0.25, 0.3) is 0 Å². The molecule has 3 aliphatic rings. The number of aliphatic carboxylic acids is 1. The predicted octanol–water partition coefficient (Wildman–Crippen LogP) is -0.963. The number of benzene rings is 1. The van der Waals surface area contributed by atoms with E-state index in [0.717, 1.165) is 6.26 Å². The number of fused-ring (bicyclic) bond motifs is 1. The van der Waals surface area contributed by atoms with E-state index < -0.39 is 90.9 Å². The van der Waals surface area contributed by atoms with Gasteiger partial charge in [-0.3, -0.25) is 0 Å². The number of phenolic OH excluding ortho intramolecular Hbond substituents is 2. The quantitative estimate of drug-likeness (QED) is 0.181. The Morgan fingerprint density at radius 3 is 2.47 bits per heavy atom. The van der Waals surface area contributed by atoms with Crippen molar-refractivity contribution in [3.05, 3.63) is 35.6 Å². The van der Waals surface area contributed by atoms with Crippen molar-refractivity contribution in [1.82, 2.24) is 0 Å². The zero-order valence-electron chi connectivity index (χ0n) is 19.1. The summed E-state index contributed by atoms with van der Waals surface area (Å²) >= 11 is 0. The zero-order valence-corrected chi connectivity index (χ0v) is 19.1. The van der Waals surface area contributed by atoms with Crippen LogP contribution in [-0.2, 0) is 23.7 Å². The Morgan fingerprint density at radius 1 is 1.08 bits per heavy atom. The van der Waals surface area contributed by atoms with Gasteiger partial charge in [-0.15, -0.1) is 0 Å². The van der Waals surface area contributed by atoms with Gasteiger partial charge in [0.05, 0.1) is 18.4 Å². The first kappa shape index (κ1) is 26.1. The van der Waals surface area contributed by atoms with Crippen LogP contribution in [0.1, 0.15) is 23.7 Å². The molecule has 0 amide bonds. The second kappa shape index (κ2) is 10.2. The smallest absolute Gasteiger partial charge is 0.342 e. The fraction of sp³-hybridized carbons (Fsp3) is 0.565. The van der Waals surface area contributed by atoms with E-state index in [-0.39, 0.29) is 17.6 Å². The molecule has 0 aromatic heterocycles. The molecule has 198 valence electrons. The fourth-order valence-electron chi connectivity index (χ4n) is 5.02. The number of rotatable bonds is 6. The molecule has 4 rings (SSSR count). The normalized spacial score (nSPS) is 38.0. The minimum atomic E-state index is -1.70. The first-order valence-corrected chi connectivity index (χ1v) is 11.3. The standard InChI is InChI=1S/C23H28O13/c1-8-13(34-21(32)9-3-2-4-12(25)16(9)26)5-10-11(20(30)31)7-33-22(15(8)10)36-23-19(29)18(28)17(27)14(6-24)35-23/h2-4,7-8,10,13-15,17-19,22-29H,5-6H2,1H3,(H,30,31)/t8-,10+,13-,14+,15+,17+,18-,19+,22-,23-/m0/s1. The molecule has 1 aromatic carbocycles. The summed E-state index contributed by atoms with van der Waals surface area (Å²) in [6.07, 6.45) is -8.68. The van der Waals surface area contributed by atoms with Gasteiger partial charge in [-0.2, -0.15) is 0 Å². The number of carboxylic acid groups (broad SMARTS) is 1. The molecule has 13 heteroatoms. The number of carbonyl (C=O) groups excluding carboxylic acids is 1. The molecule has 2 aliphatic heterocycles. The molecule has 10 atom stereocenters. The summed E-state index contributed by atoms with van der Waals surface area (Å²) in [4.78, 5) is 24.5. The lowest BCUT2D eigenvalue weighted by Crippen LogP contribution is -2.60. The molecule has 1 aliphatic carbocycles. The van der Waals surface area contributed by atoms with E-state index in [0.29, 0.717) is 0 Å². The average Bonchev–Trinajstić information content (AvgIpc) is 3.17. The number of phenols is 2. The van der Waals surface area contributed by atoms with Crippen LogP contribution in [0.5, 0.6) is 11.5 Å². The third-order valence-electron chi connectivity index (χ3n) is 7.04. The highest BCUT2D eigenvalue weighted by Gasteiger charge is 2.54. The molecule has 0 radical (unpaired) electrons. The molecule has 1 saturated heterocycles. The van der Waals surface area contributed by atoms with E-state index in [4.69, 9.17) is 18.9 Å². The average molecular weight is 512 g/mol. The summed E-state index contributed by atoms with van der Waals surface area (Å²) in [6, 6.07) is 3.81. The van der Waals surface area contributed by atoms with Crippen LogP contribution in [0, 0.1) is 17.8 Å². The number of aliphatic hydroxyl groups is 4. The number of carbonyl (C=O) groups is 2. The summed E-state index contributed by atoms with van der Waals surface area (Å²) in [6.45, 7) is 1.02. The first-order valence-electron chi connectivity index (χ1n) is 11.3. The predicted molar refractivity (Wildman–Crippen MR) is 115 cm³/mol. The molecule has 2 heterocycles. The number of aliphatic hydroxyl groups excluding tert-OH is 4. The van der Waals surface area contributed by atoms with Crippen molar-refractivity contribution in [2.24, 2.45) is 17.8 Å². The zero-order chi connectivity index (χ0) is 26.3. The minimum absolute atomic E-state index is 0.0766. The molecule has 0 unspecified atom stereocenters. The number of hydrogen-bond acceptors (Lipinski definition) is 12. The summed E-state index contributed by atoms with van der Waals surface area (Å²) in [5.74, 6) is -5.27. The largest absolute Gasteiger partial charge is 0.504 e. The molecule has 1 saturated carbocycles. The van der Waals surface area contributed by atoms with E-state index in [1.807, 2.05) is 0 Å². The van der Waals surface area contributed by atoms with Gasteiger partial charge in [0.2, 0.25) is 6.29 Å². The second-order valence-corrected chi connectivity index (χ2v) is 9.11. The van der Waals surface area contributed by atoms with Crippen molar-refractivity contribution in [2.45, 2.75) is 56.4 Å².